The Hall–Kier alpha value is -0.610. The van der Waals surface area contributed by atoms with Gasteiger partial charge < -0.3 is 9.84 Å². The zero-order valence-corrected chi connectivity index (χ0v) is 11.4. The number of carbonyl (C=O) groups is 1. The van der Waals surface area contributed by atoms with Gasteiger partial charge in [0.1, 0.15) is 0 Å². The normalized spacial score (nSPS) is 24.2. The Balaban J connectivity index is 2.60. The van der Waals surface area contributed by atoms with E-state index in [9.17, 15) is 4.79 Å². The van der Waals surface area contributed by atoms with E-state index in [0.29, 0.717) is 18.6 Å². The van der Waals surface area contributed by atoms with Crippen molar-refractivity contribution in [1.29, 1.82) is 0 Å². The fraction of sp³-hybridized carbons (Fsp3) is 0.923. The van der Waals surface area contributed by atoms with E-state index in [1.807, 2.05) is 0 Å². The number of rotatable bonds is 5. The van der Waals surface area contributed by atoms with Crippen molar-refractivity contribution in [3.8, 4) is 0 Å². The minimum Gasteiger partial charge on any atom is -0.481 e. The van der Waals surface area contributed by atoms with Crippen molar-refractivity contribution in [2.75, 3.05) is 13.2 Å². The first-order valence-corrected chi connectivity index (χ1v) is 6.43. The summed E-state index contributed by atoms with van der Waals surface area (Å²) in [5, 5.41) is 8.79. The number of carboxylic acids is 1. The van der Waals surface area contributed by atoms with E-state index >= 15 is 0 Å². The molecular formula is C13H25NO3. The largest absolute Gasteiger partial charge is 0.481 e. The molecule has 0 aromatic rings. The third kappa shape index (κ3) is 4.64. The molecule has 1 unspecified atom stereocenters. The van der Waals surface area contributed by atoms with Crippen molar-refractivity contribution < 1.29 is 14.6 Å². The molecule has 1 aliphatic rings. The lowest BCUT2D eigenvalue weighted by molar-refractivity contribution is -0.138. The first-order chi connectivity index (χ1) is 7.82. The van der Waals surface area contributed by atoms with Crippen LogP contribution in [-0.2, 0) is 9.53 Å². The highest BCUT2D eigenvalue weighted by atomic mass is 16.5. The number of ether oxygens (including phenoxy) is 1. The average Bonchev–Trinajstić information content (AvgIpc) is 2.15. The summed E-state index contributed by atoms with van der Waals surface area (Å²) in [6, 6.07) is 0.825. The van der Waals surface area contributed by atoms with Gasteiger partial charge in [-0.2, -0.15) is 0 Å². The number of hydrogen-bond acceptors (Lipinski definition) is 3. The van der Waals surface area contributed by atoms with Gasteiger partial charge in [-0.1, -0.05) is 0 Å². The molecule has 4 nitrogen and oxygen atoms in total. The van der Waals surface area contributed by atoms with Crippen molar-refractivity contribution in [1.82, 2.24) is 4.90 Å². The van der Waals surface area contributed by atoms with Crippen LogP contribution < -0.4 is 0 Å². The molecule has 1 aliphatic heterocycles. The molecule has 0 aromatic heterocycles. The molecule has 1 saturated heterocycles. The fourth-order valence-corrected chi connectivity index (χ4v) is 2.57. The maximum absolute atomic E-state index is 10.7. The van der Waals surface area contributed by atoms with Gasteiger partial charge in [-0.25, -0.2) is 0 Å². The monoisotopic (exact) mass is 243 g/mol. The number of hydrogen-bond donors (Lipinski definition) is 1. The van der Waals surface area contributed by atoms with Crippen molar-refractivity contribution in [3.05, 3.63) is 0 Å². The molecule has 1 heterocycles. The molecule has 1 rings (SSSR count). The van der Waals surface area contributed by atoms with Gasteiger partial charge in [-0.15, -0.1) is 0 Å². The van der Waals surface area contributed by atoms with Gasteiger partial charge in [-0.3, -0.25) is 9.69 Å². The molecular weight excluding hydrogens is 218 g/mol. The lowest BCUT2D eigenvalue weighted by Gasteiger charge is -2.43. The van der Waals surface area contributed by atoms with Gasteiger partial charge in [0.05, 0.1) is 12.0 Å². The number of carboxylic acid groups (broad SMARTS) is 1. The molecule has 1 N–H and O–H groups in total. The Labute approximate surface area is 104 Å². The molecule has 17 heavy (non-hydrogen) atoms. The SMILES string of the molecule is CC(C)N(CCC(=O)O)C1CCOC(C)(C)C1. The zero-order chi connectivity index (χ0) is 13.1. The Bertz CT molecular complexity index is 263. The van der Waals surface area contributed by atoms with Crippen LogP contribution in [0.15, 0.2) is 0 Å². The van der Waals surface area contributed by atoms with E-state index in [-0.39, 0.29) is 12.0 Å². The molecule has 0 amide bonds. The molecule has 1 atom stereocenters. The Morgan fingerprint density at radius 3 is 2.65 bits per heavy atom. The first-order valence-electron chi connectivity index (χ1n) is 6.43. The predicted octanol–water partition coefficient (Wildman–Crippen LogP) is 2.13. The highest BCUT2D eigenvalue weighted by Crippen LogP contribution is 2.28. The fourth-order valence-electron chi connectivity index (χ4n) is 2.57. The lowest BCUT2D eigenvalue weighted by Crippen LogP contribution is -2.49. The summed E-state index contributed by atoms with van der Waals surface area (Å²) >= 11 is 0. The summed E-state index contributed by atoms with van der Waals surface area (Å²) in [6.07, 6.45) is 2.20. The topological polar surface area (TPSA) is 49.8 Å². The van der Waals surface area contributed by atoms with Crippen LogP contribution in [0.3, 0.4) is 0 Å². The molecule has 0 aliphatic carbocycles. The van der Waals surface area contributed by atoms with Crippen LogP contribution >= 0.6 is 0 Å². The van der Waals surface area contributed by atoms with Gasteiger partial charge in [0.15, 0.2) is 0 Å². The summed E-state index contributed by atoms with van der Waals surface area (Å²) in [5.74, 6) is -0.720. The molecule has 4 heteroatoms. The summed E-state index contributed by atoms with van der Waals surface area (Å²) < 4.78 is 5.71. The molecule has 0 saturated carbocycles. The molecule has 0 bridgehead atoms. The van der Waals surface area contributed by atoms with E-state index in [0.717, 1.165) is 19.4 Å². The zero-order valence-electron chi connectivity index (χ0n) is 11.4. The van der Waals surface area contributed by atoms with E-state index in [4.69, 9.17) is 9.84 Å². The third-order valence-corrected chi connectivity index (χ3v) is 3.39. The Kier molecular flexibility index (Phi) is 4.95. The average molecular weight is 243 g/mol. The van der Waals surface area contributed by atoms with Gasteiger partial charge in [0, 0.05) is 25.2 Å². The van der Waals surface area contributed by atoms with Crippen LogP contribution in [0.4, 0.5) is 0 Å². The summed E-state index contributed by atoms with van der Waals surface area (Å²) in [5.41, 5.74) is -0.0840. The van der Waals surface area contributed by atoms with Gasteiger partial charge >= 0.3 is 5.97 Å². The van der Waals surface area contributed by atoms with Crippen molar-refractivity contribution >= 4 is 5.97 Å². The third-order valence-electron chi connectivity index (χ3n) is 3.39. The van der Waals surface area contributed by atoms with Crippen LogP contribution in [0.1, 0.15) is 47.0 Å². The van der Waals surface area contributed by atoms with Crippen LogP contribution in [0, 0.1) is 0 Å². The molecule has 1 fully saturated rings. The minimum atomic E-state index is -0.720. The van der Waals surface area contributed by atoms with Gasteiger partial charge in [0.2, 0.25) is 0 Å². The predicted molar refractivity (Wildman–Crippen MR) is 67.1 cm³/mol. The highest BCUT2D eigenvalue weighted by molar-refractivity contribution is 5.66. The Morgan fingerprint density at radius 1 is 1.53 bits per heavy atom. The molecule has 100 valence electrons. The van der Waals surface area contributed by atoms with Crippen molar-refractivity contribution in [3.63, 3.8) is 0 Å². The highest BCUT2D eigenvalue weighted by Gasteiger charge is 2.33. The first kappa shape index (κ1) is 14.5. The van der Waals surface area contributed by atoms with Crippen molar-refractivity contribution in [2.45, 2.75) is 64.6 Å². The standard InChI is InChI=1S/C13H25NO3/c1-10(2)14(7-5-12(15)16)11-6-8-17-13(3,4)9-11/h10-11H,5-9H2,1-4H3,(H,15,16). The van der Waals surface area contributed by atoms with Gasteiger partial charge in [-0.05, 0) is 40.5 Å². The van der Waals surface area contributed by atoms with Crippen LogP contribution in [0.25, 0.3) is 0 Å². The van der Waals surface area contributed by atoms with E-state index in [1.54, 1.807) is 0 Å². The van der Waals surface area contributed by atoms with Crippen LogP contribution in [0.2, 0.25) is 0 Å². The minimum absolute atomic E-state index is 0.0840. The number of aliphatic carboxylic acids is 1. The van der Waals surface area contributed by atoms with E-state index in [2.05, 4.69) is 32.6 Å². The second kappa shape index (κ2) is 5.83. The Morgan fingerprint density at radius 2 is 2.18 bits per heavy atom. The van der Waals surface area contributed by atoms with Crippen LogP contribution in [0.5, 0.6) is 0 Å². The van der Waals surface area contributed by atoms with Crippen LogP contribution in [-0.4, -0.2) is 46.8 Å². The second-order valence-corrected chi connectivity index (χ2v) is 5.73. The summed E-state index contributed by atoms with van der Waals surface area (Å²) in [4.78, 5) is 13.0. The maximum Gasteiger partial charge on any atom is 0.304 e. The molecule has 0 spiro atoms. The van der Waals surface area contributed by atoms with Gasteiger partial charge in [0.25, 0.3) is 0 Å². The van der Waals surface area contributed by atoms with Crippen molar-refractivity contribution in [2.24, 2.45) is 0 Å². The maximum atomic E-state index is 10.7. The van der Waals surface area contributed by atoms with E-state index < -0.39 is 5.97 Å². The second-order valence-electron chi connectivity index (χ2n) is 5.73. The smallest absolute Gasteiger partial charge is 0.304 e. The lowest BCUT2D eigenvalue weighted by atomic mass is 9.92. The number of nitrogens with zero attached hydrogens (tertiary/aromatic N) is 1. The summed E-state index contributed by atoms with van der Waals surface area (Å²) in [6.45, 7) is 9.88. The summed E-state index contributed by atoms with van der Waals surface area (Å²) in [7, 11) is 0. The molecule has 0 aromatic carbocycles. The molecule has 0 radical (unpaired) electrons. The quantitative estimate of drug-likeness (QED) is 0.803. The van der Waals surface area contributed by atoms with E-state index in [1.165, 1.54) is 0 Å².